The average molecular weight is 1560 g/mol. The van der Waals surface area contributed by atoms with Crippen molar-refractivity contribution in [2.24, 2.45) is 23.7 Å². The molecular weight excluding hydrogens is 1470 g/mol. The summed E-state index contributed by atoms with van der Waals surface area (Å²) in [6, 6.07) is 44.2. The lowest BCUT2D eigenvalue weighted by Gasteiger charge is -2.31. The van der Waals surface area contributed by atoms with Gasteiger partial charge < -0.3 is 0 Å². The predicted octanol–water partition coefficient (Wildman–Crippen LogP) is 28.4. The first kappa shape index (κ1) is 72.9. The van der Waals surface area contributed by atoms with Gasteiger partial charge in [-0.3, -0.25) is 9.59 Å². The lowest BCUT2D eigenvalue weighted by Crippen LogP contribution is -2.27. The van der Waals surface area contributed by atoms with Crippen molar-refractivity contribution in [2.45, 2.75) is 195 Å². The smallest absolute Gasteiger partial charge is 0.194 e. The molecule has 0 saturated heterocycles. The summed E-state index contributed by atoms with van der Waals surface area (Å²) in [6.07, 6.45) is 27.1. The molecule has 542 valence electrons. The van der Waals surface area contributed by atoms with Gasteiger partial charge in [-0.2, -0.15) is 21.0 Å². The largest absolute Gasteiger partial charge is 0.289 e. The third kappa shape index (κ3) is 11.3. The van der Waals surface area contributed by atoms with Gasteiger partial charge >= 0.3 is 0 Å². The van der Waals surface area contributed by atoms with E-state index in [9.17, 15) is 30.6 Å². The van der Waals surface area contributed by atoms with Crippen molar-refractivity contribution < 1.29 is 9.59 Å². The second-order valence-electron chi connectivity index (χ2n) is 30.9. The number of allylic oxidation sites excluding steroid dienone is 6. The van der Waals surface area contributed by atoms with E-state index in [2.05, 4.69) is 174 Å². The van der Waals surface area contributed by atoms with E-state index in [1.807, 2.05) is 83.4 Å². The third-order valence-electron chi connectivity index (χ3n) is 24.7. The molecule has 8 heterocycles. The highest BCUT2D eigenvalue weighted by atomic mass is 32.1. The van der Waals surface area contributed by atoms with Crippen LogP contribution in [0.25, 0.3) is 82.5 Å². The fourth-order valence-electron chi connectivity index (χ4n) is 19.1. The standard InChI is InChI=1S/C94H86N4O2S8/c1-9-17-25-51(13-5)33-57-39-73-87(101-57)88-74(40-58(102-88)34-52(14-6)26-18-10-2)93(73)71-45-68-72(46-67(71)85-81(93)91-77(107-85)43-61(105-91)37-69-79(55(47-95)48-96)63-29-21-23-31-65(63)83(69)99)94(75-41-59(35-53(15-7)27-19-11-3)103-89(75)90-76(94)42-60(104-90)36-54(16-8)28-20-12-4)82-86(68)108-78-44-62(106-92(78)82)38-70-80(56(49-97)50-98)64-30-22-24-32-66(64)84(70)100/h21-24,29-32,37-46,51-54H,9-20,25-28,33-36H2,1-8H3/b69-37-,70-38-. The minimum Gasteiger partial charge on any atom is -0.289 e. The number of fused-ring (bicyclic) bond motifs is 26. The average Bonchev–Trinajstić information content (AvgIpc) is 1.47. The summed E-state index contributed by atoms with van der Waals surface area (Å²) in [5.41, 5.74) is 15.9. The predicted molar refractivity (Wildman–Crippen MR) is 459 cm³/mol. The number of carbonyl (C=O) groups is 2. The maximum atomic E-state index is 14.8. The molecule has 2 spiro atoms. The van der Waals surface area contributed by atoms with E-state index in [0.717, 1.165) is 61.1 Å². The van der Waals surface area contributed by atoms with Gasteiger partial charge in [0.1, 0.15) is 35.4 Å². The quantitative estimate of drug-likeness (QED) is 0.0392. The Morgan fingerprint density at radius 3 is 0.963 bits per heavy atom. The molecule has 8 aromatic heterocycles. The topological polar surface area (TPSA) is 129 Å². The van der Waals surface area contributed by atoms with Crippen LogP contribution in [-0.4, -0.2) is 11.6 Å². The first-order valence-electron chi connectivity index (χ1n) is 39.5. The molecule has 0 radical (unpaired) electrons. The van der Waals surface area contributed by atoms with Crippen molar-refractivity contribution in [3.05, 3.63) is 215 Å². The Bertz CT molecular complexity index is 5350. The number of Topliss-reactive ketones (excluding diaryl/α,β-unsaturated/α-hetero) is 2. The van der Waals surface area contributed by atoms with Gasteiger partial charge in [-0.1, -0.05) is 207 Å². The van der Waals surface area contributed by atoms with E-state index >= 15 is 0 Å². The summed E-state index contributed by atoms with van der Waals surface area (Å²) in [5, 5.41) is 42.1. The van der Waals surface area contributed by atoms with Gasteiger partial charge in [0.15, 0.2) is 11.6 Å². The summed E-state index contributed by atoms with van der Waals surface area (Å²) in [7, 11) is 0. The van der Waals surface area contributed by atoms with Gasteiger partial charge in [0.25, 0.3) is 0 Å². The summed E-state index contributed by atoms with van der Waals surface area (Å²) >= 11 is 15.5. The minimum absolute atomic E-state index is 0.0590. The molecule has 6 nitrogen and oxygen atoms in total. The van der Waals surface area contributed by atoms with Crippen LogP contribution in [0.2, 0.25) is 0 Å². The highest BCUT2D eigenvalue weighted by Gasteiger charge is 2.61. The van der Waals surface area contributed by atoms with Crippen molar-refractivity contribution in [2.75, 3.05) is 0 Å². The first-order valence-corrected chi connectivity index (χ1v) is 46.0. The van der Waals surface area contributed by atoms with Gasteiger partial charge in [0.2, 0.25) is 0 Å². The minimum atomic E-state index is -0.693. The lowest BCUT2D eigenvalue weighted by molar-refractivity contribution is 0.103. The second kappa shape index (κ2) is 29.4. The number of unbranched alkanes of at least 4 members (excludes halogenated alkanes) is 4. The molecular formula is C94H86N4O2S8. The zero-order valence-electron chi connectivity index (χ0n) is 62.7. The van der Waals surface area contributed by atoms with E-state index < -0.39 is 10.8 Å². The second-order valence-corrected chi connectivity index (χ2v) is 39.7. The molecule has 0 amide bonds. The summed E-state index contributed by atoms with van der Waals surface area (Å²) < 4.78 is 4.78. The monoisotopic (exact) mass is 1560 g/mol. The number of nitrogens with zero attached hydrogens (tertiary/aromatic N) is 4. The fraction of sp³-hybridized carbons (Fsp3) is 0.362. The normalized spacial score (nSPS) is 18.3. The maximum Gasteiger partial charge on any atom is 0.194 e. The van der Waals surface area contributed by atoms with Crippen molar-refractivity contribution in [3.8, 4) is 64.7 Å². The number of nitriles is 4. The fourth-order valence-corrected chi connectivity index (χ4v) is 30.2. The van der Waals surface area contributed by atoms with E-state index in [1.54, 1.807) is 22.7 Å². The molecule has 4 atom stereocenters. The van der Waals surface area contributed by atoms with Crippen LogP contribution in [0.15, 0.2) is 119 Å². The van der Waals surface area contributed by atoms with Crippen molar-refractivity contribution in [3.63, 3.8) is 0 Å². The SMILES string of the molecule is CCCCC(CC)Cc1cc2c(s1)-c1sc(CC(CC)CCCC)cc1C21c2cc3c(cc2-c2sc4cc(/C=C5\C(=O)c6ccccc6C5=C(C#N)C#N)sc4c21)C1(c2cc(CC(CC)CCCC)sc2-c2sc(CC(CC)CCCC)cc21)c1c-3sc2cc(/C=C3\C(=O)c4ccccc4C3=C(C#N)C#N)sc12. The molecule has 0 N–H and O–H groups in total. The zero-order valence-corrected chi connectivity index (χ0v) is 69.2. The van der Waals surface area contributed by atoms with Crippen LogP contribution in [-0.2, 0) is 36.5 Å². The van der Waals surface area contributed by atoms with Crippen LogP contribution in [0.4, 0.5) is 0 Å². The molecule has 0 fully saturated rings. The number of ketones is 2. The molecule has 0 aliphatic heterocycles. The van der Waals surface area contributed by atoms with Gasteiger partial charge in [0, 0.05) is 112 Å². The maximum absolute atomic E-state index is 14.8. The summed E-state index contributed by atoms with van der Waals surface area (Å²) in [4.78, 5) is 45.5. The van der Waals surface area contributed by atoms with Crippen LogP contribution in [0.3, 0.4) is 0 Å². The highest BCUT2D eigenvalue weighted by molar-refractivity contribution is 7.31. The Hall–Kier alpha value is -7.96. The molecule has 11 aromatic rings. The van der Waals surface area contributed by atoms with E-state index in [0.29, 0.717) is 68.2 Å². The van der Waals surface area contributed by atoms with Crippen molar-refractivity contribution in [1.29, 1.82) is 21.0 Å². The number of rotatable bonds is 26. The Morgan fingerprint density at radius 1 is 0.370 bits per heavy atom. The van der Waals surface area contributed by atoms with E-state index in [4.69, 9.17) is 0 Å². The molecule has 0 saturated carbocycles. The number of hydrogen-bond acceptors (Lipinski definition) is 14. The molecule has 4 unspecified atom stereocenters. The molecule has 17 rings (SSSR count). The highest BCUT2D eigenvalue weighted by Crippen LogP contribution is 2.74. The molecule has 108 heavy (non-hydrogen) atoms. The van der Waals surface area contributed by atoms with Crippen LogP contribution in [0.1, 0.15) is 264 Å². The van der Waals surface area contributed by atoms with Crippen LogP contribution in [0, 0.1) is 69.0 Å². The van der Waals surface area contributed by atoms with Gasteiger partial charge in [0.05, 0.1) is 20.2 Å². The Morgan fingerprint density at radius 2 is 0.676 bits per heavy atom. The number of carbonyl (C=O) groups excluding carboxylic acids is 2. The van der Waals surface area contributed by atoms with Crippen LogP contribution in [0.5, 0.6) is 0 Å². The Labute approximate surface area is 667 Å². The van der Waals surface area contributed by atoms with Crippen LogP contribution < -0.4 is 0 Å². The molecule has 6 aliphatic carbocycles. The molecule has 14 heteroatoms. The van der Waals surface area contributed by atoms with Gasteiger partial charge in [-0.15, -0.1) is 90.7 Å². The molecule has 3 aromatic carbocycles. The molecule has 6 aliphatic rings. The zero-order chi connectivity index (χ0) is 74.6. The summed E-state index contributed by atoms with van der Waals surface area (Å²) in [5.74, 6) is 1.97. The Balaban J connectivity index is 0.956. The third-order valence-corrected chi connectivity index (χ3v) is 34.5. The number of hydrogen-bond donors (Lipinski definition) is 0. The van der Waals surface area contributed by atoms with Gasteiger partial charge in [-0.25, -0.2) is 0 Å². The van der Waals surface area contributed by atoms with Crippen molar-refractivity contribution in [1.82, 2.24) is 0 Å². The number of benzene rings is 3. The van der Waals surface area contributed by atoms with E-state index in [1.165, 1.54) is 200 Å². The van der Waals surface area contributed by atoms with E-state index in [-0.39, 0.29) is 22.7 Å². The van der Waals surface area contributed by atoms with Gasteiger partial charge in [-0.05, 0) is 166 Å². The summed E-state index contributed by atoms with van der Waals surface area (Å²) in [6.45, 7) is 18.8. The molecule has 0 bridgehead atoms. The van der Waals surface area contributed by atoms with Crippen LogP contribution >= 0.6 is 90.7 Å². The number of thiophene rings is 8. The first-order chi connectivity index (χ1) is 52.8. The van der Waals surface area contributed by atoms with Crippen molar-refractivity contribution >= 4 is 144 Å². The Kier molecular flexibility index (Phi) is 19.8. The lowest BCUT2D eigenvalue weighted by atomic mass is 9.69.